The third-order valence-corrected chi connectivity index (χ3v) is 5.00. The highest BCUT2D eigenvalue weighted by molar-refractivity contribution is 6.49. The van der Waals surface area contributed by atoms with E-state index in [0.717, 1.165) is 0 Å². The molecule has 170 valence electrons. The molecule has 0 aromatic heterocycles. The summed E-state index contributed by atoms with van der Waals surface area (Å²) in [5.41, 5.74) is 0.0958. The summed E-state index contributed by atoms with van der Waals surface area (Å²) in [4.78, 5) is 50.4. The van der Waals surface area contributed by atoms with Crippen LogP contribution in [0.15, 0.2) is 95.2 Å². The predicted molar refractivity (Wildman–Crippen MR) is 124 cm³/mol. The molecule has 0 saturated carbocycles. The van der Waals surface area contributed by atoms with Gasteiger partial charge in [0, 0.05) is 22.3 Å². The molecule has 0 bridgehead atoms. The van der Waals surface area contributed by atoms with Gasteiger partial charge in [0.2, 0.25) is 11.6 Å². The van der Waals surface area contributed by atoms with Gasteiger partial charge in [-0.25, -0.2) is 0 Å². The van der Waals surface area contributed by atoms with E-state index in [1.54, 1.807) is 36.4 Å². The minimum absolute atomic E-state index is 0.115. The first kappa shape index (κ1) is 23.9. The number of carbonyl (C=O) groups is 4. The zero-order valence-corrected chi connectivity index (χ0v) is 17.9. The number of nitrogens with zero attached hydrogens (tertiary/aromatic N) is 2. The van der Waals surface area contributed by atoms with Crippen molar-refractivity contribution < 1.29 is 29.6 Å². The Balaban J connectivity index is 1.73. The number of Topliss-reactive ketones (excluding diaryl/α,β-unsaturated/α-hetero) is 4. The maximum absolute atomic E-state index is 12.7. The average molecular weight is 456 g/mol. The molecule has 0 aliphatic rings. The van der Waals surface area contributed by atoms with Crippen LogP contribution >= 0.6 is 0 Å². The van der Waals surface area contributed by atoms with Crippen LogP contribution < -0.4 is 0 Å². The lowest BCUT2D eigenvalue weighted by Gasteiger charge is -2.07. The highest BCUT2D eigenvalue weighted by Crippen LogP contribution is 2.14. The molecule has 8 heteroatoms. The monoisotopic (exact) mass is 456 g/mol. The van der Waals surface area contributed by atoms with E-state index in [2.05, 4.69) is 10.3 Å². The molecule has 2 N–H and O–H groups in total. The fourth-order valence-electron chi connectivity index (χ4n) is 3.21. The lowest BCUT2D eigenvalue weighted by Crippen LogP contribution is -2.20. The van der Waals surface area contributed by atoms with Crippen molar-refractivity contribution in [3.8, 4) is 0 Å². The van der Waals surface area contributed by atoms with Crippen LogP contribution in [0.25, 0.3) is 0 Å². The molecule has 0 spiro atoms. The molecule has 0 radical (unpaired) electrons. The molecule has 3 aromatic carbocycles. The molecule has 0 aliphatic heterocycles. The lowest BCUT2D eigenvalue weighted by atomic mass is 9.96. The number of oxime groups is 2. The standard InChI is InChI=1S/C26H20N2O6/c29-23(15-21(27-33)25(31)17-8-3-1-4-9-17)19-12-7-13-20(14-19)24(30)16-22(28-34)26(32)18-10-5-2-6-11-18/h1-14,33-34H,15-16H2. The smallest absolute Gasteiger partial charge is 0.211 e. The van der Waals surface area contributed by atoms with Gasteiger partial charge in [0.25, 0.3) is 0 Å². The van der Waals surface area contributed by atoms with E-state index >= 15 is 0 Å². The van der Waals surface area contributed by atoms with E-state index in [1.165, 1.54) is 48.5 Å². The normalized spacial score (nSPS) is 11.6. The van der Waals surface area contributed by atoms with Crippen LogP contribution in [0.3, 0.4) is 0 Å². The fourth-order valence-corrected chi connectivity index (χ4v) is 3.21. The van der Waals surface area contributed by atoms with E-state index in [4.69, 9.17) is 0 Å². The van der Waals surface area contributed by atoms with Crippen molar-refractivity contribution in [3.63, 3.8) is 0 Å². The van der Waals surface area contributed by atoms with Crippen molar-refractivity contribution in [3.05, 3.63) is 107 Å². The first-order chi connectivity index (χ1) is 16.4. The highest BCUT2D eigenvalue weighted by Gasteiger charge is 2.22. The second kappa shape index (κ2) is 11.2. The second-order valence-corrected chi connectivity index (χ2v) is 7.26. The molecule has 0 unspecified atom stereocenters. The molecule has 0 aliphatic carbocycles. The quantitative estimate of drug-likeness (QED) is 0.203. The number of benzene rings is 3. The maximum atomic E-state index is 12.7. The van der Waals surface area contributed by atoms with Gasteiger partial charge in [-0.05, 0) is 6.07 Å². The summed E-state index contributed by atoms with van der Waals surface area (Å²) in [5, 5.41) is 24.5. The Kier molecular flexibility index (Phi) is 7.91. The van der Waals surface area contributed by atoms with Gasteiger partial charge >= 0.3 is 0 Å². The van der Waals surface area contributed by atoms with Crippen LogP contribution in [-0.4, -0.2) is 45.0 Å². The van der Waals surface area contributed by atoms with Gasteiger partial charge in [0.1, 0.15) is 11.4 Å². The summed E-state index contributed by atoms with van der Waals surface area (Å²) in [7, 11) is 0. The summed E-state index contributed by atoms with van der Waals surface area (Å²) in [5.74, 6) is -2.26. The molecule has 0 fully saturated rings. The van der Waals surface area contributed by atoms with Crippen molar-refractivity contribution in [2.45, 2.75) is 12.8 Å². The Hall–Kier alpha value is -4.72. The Bertz CT molecular complexity index is 1180. The molecule has 34 heavy (non-hydrogen) atoms. The Morgan fingerprint density at radius 2 is 0.882 bits per heavy atom. The van der Waals surface area contributed by atoms with Gasteiger partial charge in [-0.3, -0.25) is 19.2 Å². The van der Waals surface area contributed by atoms with Gasteiger partial charge in [-0.2, -0.15) is 0 Å². The third-order valence-electron chi connectivity index (χ3n) is 5.00. The topological polar surface area (TPSA) is 133 Å². The lowest BCUT2D eigenvalue weighted by molar-refractivity contribution is 0.0978. The van der Waals surface area contributed by atoms with Gasteiger partial charge in [-0.15, -0.1) is 0 Å². The summed E-state index contributed by atoms with van der Waals surface area (Å²) in [6.45, 7) is 0. The largest absolute Gasteiger partial charge is 0.411 e. The molecule has 8 nitrogen and oxygen atoms in total. The van der Waals surface area contributed by atoms with Gasteiger partial charge in [-0.1, -0.05) is 89.2 Å². The molecule has 0 amide bonds. The van der Waals surface area contributed by atoms with Crippen molar-refractivity contribution in [2.75, 3.05) is 0 Å². The molecule has 3 rings (SSSR count). The number of ketones is 4. The van der Waals surface area contributed by atoms with E-state index in [0.29, 0.717) is 0 Å². The maximum Gasteiger partial charge on any atom is 0.211 e. The van der Waals surface area contributed by atoms with Crippen LogP contribution in [0.5, 0.6) is 0 Å². The van der Waals surface area contributed by atoms with Crippen molar-refractivity contribution in [1.29, 1.82) is 0 Å². The predicted octanol–water partition coefficient (Wildman–Crippen LogP) is 4.26. The third kappa shape index (κ3) is 5.74. The van der Waals surface area contributed by atoms with Gasteiger partial charge in [0.15, 0.2) is 11.6 Å². The first-order valence-corrected chi connectivity index (χ1v) is 10.2. The number of rotatable bonds is 10. The Morgan fingerprint density at radius 3 is 1.24 bits per heavy atom. The molecular weight excluding hydrogens is 436 g/mol. The van der Waals surface area contributed by atoms with Crippen LogP contribution in [0.2, 0.25) is 0 Å². The Labute approximate surface area is 194 Å². The Morgan fingerprint density at radius 1 is 0.529 bits per heavy atom. The molecule has 0 atom stereocenters. The second-order valence-electron chi connectivity index (χ2n) is 7.26. The summed E-state index contributed by atoms with van der Waals surface area (Å²) in [6.07, 6.45) is -0.949. The molecule has 0 saturated heterocycles. The molecular formula is C26H20N2O6. The number of hydrogen-bond acceptors (Lipinski definition) is 8. The minimum atomic E-state index is -0.591. The minimum Gasteiger partial charge on any atom is -0.411 e. The molecule has 3 aromatic rings. The summed E-state index contributed by atoms with van der Waals surface area (Å²) >= 11 is 0. The van der Waals surface area contributed by atoms with Crippen molar-refractivity contribution in [2.24, 2.45) is 10.3 Å². The van der Waals surface area contributed by atoms with Crippen LogP contribution in [0, 0.1) is 0 Å². The van der Waals surface area contributed by atoms with Gasteiger partial charge < -0.3 is 10.4 Å². The fraction of sp³-hybridized carbons (Fsp3) is 0.0769. The zero-order valence-electron chi connectivity index (χ0n) is 17.9. The van der Waals surface area contributed by atoms with E-state index in [-0.39, 0.29) is 33.7 Å². The van der Waals surface area contributed by atoms with E-state index in [9.17, 15) is 29.6 Å². The van der Waals surface area contributed by atoms with Crippen molar-refractivity contribution >= 4 is 34.6 Å². The summed E-state index contributed by atoms with van der Waals surface area (Å²) in [6, 6.07) is 21.9. The first-order valence-electron chi connectivity index (χ1n) is 10.2. The summed E-state index contributed by atoms with van der Waals surface area (Å²) < 4.78 is 0. The zero-order chi connectivity index (χ0) is 24.5. The van der Waals surface area contributed by atoms with Gasteiger partial charge in [0.05, 0.1) is 12.8 Å². The van der Waals surface area contributed by atoms with Crippen LogP contribution in [0.4, 0.5) is 0 Å². The van der Waals surface area contributed by atoms with Crippen LogP contribution in [-0.2, 0) is 0 Å². The van der Waals surface area contributed by atoms with Crippen LogP contribution in [0.1, 0.15) is 54.3 Å². The molecule has 0 heterocycles. The SMILES string of the molecule is O=C(CC(=NO)C(=O)c1ccccc1)c1cccc(C(=O)CC(=NO)C(=O)c2ccccc2)c1. The van der Waals surface area contributed by atoms with Crippen molar-refractivity contribution in [1.82, 2.24) is 0 Å². The number of hydrogen-bond donors (Lipinski definition) is 2. The van der Waals surface area contributed by atoms with E-state index < -0.39 is 36.0 Å². The highest BCUT2D eigenvalue weighted by atomic mass is 16.4. The van der Waals surface area contributed by atoms with E-state index in [1.807, 2.05) is 0 Å². The number of carbonyl (C=O) groups excluding carboxylic acids is 4. The average Bonchev–Trinajstić information content (AvgIpc) is 2.90.